The SMILES string of the molecule is C#C/C=C\C=C(/C)CSNC(=O)/C=C/c1ccc(/C2=C(\c3ccccc3)CCCc3ccccc3C2)cc1. The molecule has 1 aliphatic carbocycles. The molecule has 0 aromatic heterocycles. The largest absolute Gasteiger partial charge is 0.296 e. The zero-order chi connectivity index (χ0) is 26.6. The number of hydrogen-bond acceptors (Lipinski definition) is 2. The van der Waals surface area contributed by atoms with Gasteiger partial charge in [0.05, 0.1) is 0 Å². The molecule has 3 aromatic rings. The number of terminal acetylenes is 1. The summed E-state index contributed by atoms with van der Waals surface area (Å²) in [5, 5.41) is 0. The Hall–Kier alpha value is -4.00. The van der Waals surface area contributed by atoms with Gasteiger partial charge in [0.1, 0.15) is 0 Å². The maximum atomic E-state index is 12.3. The molecule has 3 aromatic carbocycles. The number of amides is 1. The number of fused-ring (bicyclic) bond motifs is 1. The van der Waals surface area contributed by atoms with E-state index in [4.69, 9.17) is 6.42 Å². The molecule has 0 unspecified atom stereocenters. The average Bonchev–Trinajstić information content (AvgIpc) is 2.93. The first-order valence-electron chi connectivity index (χ1n) is 13.0. The number of aryl methyl sites for hydroxylation is 1. The minimum Gasteiger partial charge on any atom is -0.296 e. The maximum absolute atomic E-state index is 12.3. The van der Waals surface area contributed by atoms with Gasteiger partial charge in [-0.25, -0.2) is 0 Å². The number of allylic oxidation sites excluding steroid dienone is 5. The Balaban J connectivity index is 1.49. The lowest BCUT2D eigenvalue weighted by Gasteiger charge is -2.22. The predicted octanol–water partition coefficient (Wildman–Crippen LogP) is 8.09. The van der Waals surface area contributed by atoms with Crippen molar-refractivity contribution < 1.29 is 4.79 Å². The summed E-state index contributed by atoms with van der Waals surface area (Å²) in [6.07, 6.45) is 18.3. The van der Waals surface area contributed by atoms with Gasteiger partial charge in [-0.05, 0) is 95.7 Å². The summed E-state index contributed by atoms with van der Waals surface area (Å²) in [6.45, 7) is 2.00. The van der Waals surface area contributed by atoms with Crippen LogP contribution in [0.25, 0.3) is 17.2 Å². The predicted molar refractivity (Wildman–Crippen MR) is 164 cm³/mol. The van der Waals surface area contributed by atoms with Gasteiger partial charge in [0.15, 0.2) is 0 Å². The topological polar surface area (TPSA) is 29.1 Å². The summed E-state index contributed by atoms with van der Waals surface area (Å²) >= 11 is 1.37. The Morgan fingerprint density at radius 3 is 2.39 bits per heavy atom. The van der Waals surface area contributed by atoms with Crippen LogP contribution in [-0.2, 0) is 17.6 Å². The van der Waals surface area contributed by atoms with E-state index in [0.29, 0.717) is 5.75 Å². The van der Waals surface area contributed by atoms with Crippen LogP contribution in [-0.4, -0.2) is 11.7 Å². The zero-order valence-electron chi connectivity index (χ0n) is 21.8. The molecule has 38 heavy (non-hydrogen) atoms. The van der Waals surface area contributed by atoms with Crippen molar-refractivity contribution in [3.63, 3.8) is 0 Å². The summed E-state index contributed by atoms with van der Waals surface area (Å²) in [5.74, 6) is 3.03. The molecule has 0 radical (unpaired) electrons. The van der Waals surface area contributed by atoms with Crippen LogP contribution in [0.15, 0.2) is 109 Å². The zero-order valence-corrected chi connectivity index (χ0v) is 22.6. The van der Waals surface area contributed by atoms with E-state index in [1.807, 2.05) is 25.2 Å². The number of benzene rings is 3. The Kier molecular flexibility index (Phi) is 10.0. The molecule has 1 N–H and O–H groups in total. The molecule has 0 aliphatic heterocycles. The molecule has 1 aliphatic rings. The molecular weight excluding hydrogens is 482 g/mol. The highest BCUT2D eigenvalue weighted by Crippen LogP contribution is 2.36. The lowest BCUT2D eigenvalue weighted by Crippen LogP contribution is -2.13. The van der Waals surface area contributed by atoms with Gasteiger partial charge in [-0.1, -0.05) is 103 Å². The molecule has 0 heterocycles. The van der Waals surface area contributed by atoms with Crippen molar-refractivity contribution in [2.75, 3.05) is 5.75 Å². The van der Waals surface area contributed by atoms with Gasteiger partial charge in [-0.2, -0.15) is 0 Å². The number of carbonyl (C=O) groups excluding carboxylic acids is 1. The van der Waals surface area contributed by atoms with Crippen LogP contribution in [0.5, 0.6) is 0 Å². The Morgan fingerprint density at radius 2 is 1.63 bits per heavy atom. The molecule has 1 amide bonds. The Labute approximate surface area is 231 Å². The molecule has 0 atom stereocenters. The van der Waals surface area contributed by atoms with E-state index in [0.717, 1.165) is 36.8 Å². The van der Waals surface area contributed by atoms with Crippen LogP contribution in [0.4, 0.5) is 0 Å². The third-order valence-corrected chi connectivity index (χ3v) is 7.52. The minimum atomic E-state index is -0.128. The van der Waals surface area contributed by atoms with Crippen molar-refractivity contribution >= 4 is 35.1 Å². The molecule has 190 valence electrons. The average molecular weight is 516 g/mol. The normalized spacial score (nSPS) is 16.1. The van der Waals surface area contributed by atoms with Crippen molar-refractivity contribution in [2.45, 2.75) is 32.6 Å². The van der Waals surface area contributed by atoms with Crippen LogP contribution < -0.4 is 4.72 Å². The van der Waals surface area contributed by atoms with Crippen LogP contribution >= 0.6 is 11.9 Å². The first-order valence-corrected chi connectivity index (χ1v) is 14.0. The highest BCUT2D eigenvalue weighted by molar-refractivity contribution is 7.98. The molecule has 4 rings (SSSR count). The molecule has 3 heteroatoms. The molecule has 0 saturated carbocycles. The molecule has 0 spiro atoms. The van der Waals surface area contributed by atoms with Crippen molar-refractivity contribution in [1.82, 2.24) is 4.72 Å². The minimum absolute atomic E-state index is 0.128. The number of carbonyl (C=O) groups is 1. The third kappa shape index (κ3) is 7.75. The lowest BCUT2D eigenvalue weighted by molar-refractivity contribution is -0.114. The van der Waals surface area contributed by atoms with E-state index in [9.17, 15) is 4.79 Å². The van der Waals surface area contributed by atoms with E-state index >= 15 is 0 Å². The van der Waals surface area contributed by atoms with Gasteiger partial charge in [0.2, 0.25) is 0 Å². The number of nitrogens with one attached hydrogen (secondary N) is 1. The molecule has 0 fully saturated rings. The van der Waals surface area contributed by atoms with Gasteiger partial charge < -0.3 is 0 Å². The fourth-order valence-electron chi connectivity index (χ4n) is 4.65. The molecular formula is C35H33NOS. The second kappa shape index (κ2) is 14.1. The van der Waals surface area contributed by atoms with Gasteiger partial charge >= 0.3 is 0 Å². The van der Waals surface area contributed by atoms with E-state index < -0.39 is 0 Å². The Bertz CT molecular complexity index is 1400. The van der Waals surface area contributed by atoms with Crippen molar-refractivity contribution in [2.24, 2.45) is 0 Å². The third-order valence-electron chi connectivity index (χ3n) is 6.58. The summed E-state index contributed by atoms with van der Waals surface area (Å²) in [6, 6.07) is 28.2. The summed E-state index contributed by atoms with van der Waals surface area (Å²) in [5.41, 5.74) is 10.3. The van der Waals surface area contributed by atoms with Gasteiger partial charge in [0.25, 0.3) is 5.91 Å². The van der Waals surface area contributed by atoms with E-state index in [1.165, 1.54) is 45.3 Å². The van der Waals surface area contributed by atoms with E-state index in [-0.39, 0.29) is 5.91 Å². The first-order chi connectivity index (χ1) is 18.6. The molecule has 0 saturated heterocycles. The van der Waals surface area contributed by atoms with Crippen LogP contribution in [0.1, 0.15) is 47.6 Å². The van der Waals surface area contributed by atoms with E-state index in [2.05, 4.69) is 89.5 Å². The van der Waals surface area contributed by atoms with Gasteiger partial charge in [-0.3, -0.25) is 9.52 Å². The molecule has 2 nitrogen and oxygen atoms in total. The maximum Gasteiger partial charge on any atom is 0.253 e. The number of rotatable bonds is 8. The summed E-state index contributed by atoms with van der Waals surface area (Å²) in [7, 11) is 0. The van der Waals surface area contributed by atoms with Crippen LogP contribution in [0.3, 0.4) is 0 Å². The number of hydrogen-bond donors (Lipinski definition) is 1. The summed E-state index contributed by atoms with van der Waals surface area (Å²) in [4.78, 5) is 12.3. The second-order valence-corrected chi connectivity index (χ2v) is 10.2. The van der Waals surface area contributed by atoms with Crippen molar-refractivity contribution in [3.05, 3.63) is 137 Å². The van der Waals surface area contributed by atoms with Crippen molar-refractivity contribution in [1.29, 1.82) is 0 Å². The van der Waals surface area contributed by atoms with Crippen LogP contribution in [0, 0.1) is 12.3 Å². The van der Waals surface area contributed by atoms with Crippen LogP contribution in [0.2, 0.25) is 0 Å². The van der Waals surface area contributed by atoms with E-state index in [1.54, 1.807) is 12.2 Å². The highest BCUT2D eigenvalue weighted by Gasteiger charge is 2.17. The smallest absolute Gasteiger partial charge is 0.253 e. The fourth-order valence-corrected chi connectivity index (χ4v) is 5.26. The standard InChI is InChI=1S/C35H33NOS/c1-3-4-6-12-27(2)26-38-36-35(37)24-21-28-19-22-31(23-20-28)34-25-32-16-10-9-13-29(32)17-11-18-33(34)30-14-7-5-8-15-30/h1,4-10,12-16,19-24H,11,17-18,25-26H2,2H3,(H,36,37)/b6-4-,24-21+,27-12+,34-33-. The molecule has 0 bridgehead atoms. The van der Waals surface area contributed by atoms with Gasteiger partial charge in [-0.15, -0.1) is 6.42 Å². The summed E-state index contributed by atoms with van der Waals surface area (Å²) < 4.78 is 2.86. The highest BCUT2D eigenvalue weighted by atomic mass is 32.2. The fraction of sp³-hybridized carbons (Fsp3) is 0.171. The first kappa shape index (κ1) is 27.0. The van der Waals surface area contributed by atoms with Gasteiger partial charge in [0, 0.05) is 11.8 Å². The quantitative estimate of drug-likeness (QED) is 0.142. The van der Waals surface area contributed by atoms with Crippen molar-refractivity contribution in [3.8, 4) is 12.3 Å². The Morgan fingerprint density at radius 1 is 0.921 bits per heavy atom. The second-order valence-electron chi connectivity index (χ2n) is 9.37. The lowest BCUT2D eigenvalue weighted by atomic mass is 9.83. The monoisotopic (exact) mass is 515 g/mol.